The number of carbonyl (C=O) groups is 3. The summed E-state index contributed by atoms with van der Waals surface area (Å²) in [4.78, 5) is 41.1. The lowest BCUT2D eigenvalue weighted by Crippen LogP contribution is -2.64. The molecule has 5 rings (SSSR count). The summed E-state index contributed by atoms with van der Waals surface area (Å²) in [6.45, 7) is 14.0. The van der Waals surface area contributed by atoms with Crippen LogP contribution in [0.3, 0.4) is 0 Å². The SMILES string of the molecule is C=C1C=C[C@@]2(C)C(=C1)C[C@@H](Cl)[C@@H]1[C@@H]2C(=O)C[C@@]2(C)[C@H]1C[C@@H](C)[C@]2(OC(=O)CC)C(=O)COC1(CC)CO1. The molecule has 0 aromatic carbocycles. The van der Waals surface area contributed by atoms with E-state index in [9.17, 15) is 14.4 Å². The van der Waals surface area contributed by atoms with Crippen LogP contribution in [-0.4, -0.2) is 47.5 Å². The summed E-state index contributed by atoms with van der Waals surface area (Å²) in [5.74, 6) is -2.17. The minimum Gasteiger partial charge on any atom is -0.450 e. The molecule has 0 N–H and O–H groups in total. The molecule has 1 saturated heterocycles. The van der Waals surface area contributed by atoms with Crippen molar-refractivity contribution in [2.24, 2.45) is 34.5 Å². The van der Waals surface area contributed by atoms with E-state index in [1.807, 2.05) is 26.8 Å². The number of allylic oxidation sites excluding steroid dienone is 5. The highest BCUT2D eigenvalue weighted by atomic mass is 35.5. The molecule has 0 amide bonds. The molecule has 1 heterocycles. The number of fused-ring (bicyclic) bond motifs is 5. The van der Waals surface area contributed by atoms with Gasteiger partial charge in [-0.2, -0.15) is 0 Å². The predicted molar refractivity (Wildman–Crippen MR) is 140 cm³/mol. The maximum Gasteiger partial charge on any atom is 0.306 e. The van der Waals surface area contributed by atoms with Crippen LogP contribution in [-0.2, 0) is 28.6 Å². The molecular formula is C30H39ClO6. The summed E-state index contributed by atoms with van der Waals surface area (Å²) in [6.07, 6.45) is 8.42. The number of ether oxygens (including phenoxy) is 3. The minimum absolute atomic E-state index is 0.0597. The number of esters is 1. The van der Waals surface area contributed by atoms with E-state index in [0.717, 1.165) is 11.1 Å². The molecule has 1 aliphatic heterocycles. The van der Waals surface area contributed by atoms with Gasteiger partial charge < -0.3 is 14.2 Å². The Morgan fingerprint density at radius 2 is 1.97 bits per heavy atom. The van der Waals surface area contributed by atoms with Gasteiger partial charge in [0.05, 0.1) is 0 Å². The number of halogens is 1. The van der Waals surface area contributed by atoms with Gasteiger partial charge in [-0.3, -0.25) is 14.4 Å². The Bertz CT molecular complexity index is 1100. The highest BCUT2D eigenvalue weighted by molar-refractivity contribution is 6.21. The quantitative estimate of drug-likeness (QED) is 0.251. The molecule has 7 heteroatoms. The summed E-state index contributed by atoms with van der Waals surface area (Å²) >= 11 is 7.13. The fraction of sp³-hybridized carbons (Fsp3) is 0.700. The third-order valence-corrected chi connectivity index (χ3v) is 10.8. The lowest BCUT2D eigenvalue weighted by molar-refractivity contribution is -0.199. The Hall–Kier alpha value is -1.76. The molecule has 5 aliphatic rings. The van der Waals surface area contributed by atoms with Gasteiger partial charge in [-0.15, -0.1) is 11.6 Å². The van der Waals surface area contributed by atoms with E-state index in [1.54, 1.807) is 6.92 Å². The molecule has 0 aromatic rings. The van der Waals surface area contributed by atoms with E-state index in [-0.39, 0.29) is 60.1 Å². The largest absolute Gasteiger partial charge is 0.450 e. The molecule has 0 spiro atoms. The smallest absolute Gasteiger partial charge is 0.306 e. The zero-order valence-electron chi connectivity index (χ0n) is 22.6. The van der Waals surface area contributed by atoms with Gasteiger partial charge in [0, 0.05) is 47.3 Å². The van der Waals surface area contributed by atoms with Gasteiger partial charge >= 0.3 is 5.97 Å². The number of hydrogen-bond acceptors (Lipinski definition) is 6. The maximum absolute atomic E-state index is 14.2. The topological polar surface area (TPSA) is 82.2 Å². The van der Waals surface area contributed by atoms with E-state index in [2.05, 4.69) is 25.7 Å². The van der Waals surface area contributed by atoms with E-state index in [1.165, 1.54) is 0 Å². The average Bonchev–Trinajstić information content (AvgIpc) is 3.60. The normalized spacial score (nSPS) is 46.0. The van der Waals surface area contributed by atoms with Crippen LogP contribution in [0.5, 0.6) is 0 Å². The van der Waals surface area contributed by atoms with Crippen LogP contribution in [0.1, 0.15) is 66.7 Å². The van der Waals surface area contributed by atoms with E-state index < -0.39 is 28.2 Å². The van der Waals surface area contributed by atoms with Gasteiger partial charge in [-0.05, 0) is 30.3 Å². The Balaban J connectivity index is 1.56. The van der Waals surface area contributed by atoms with E-state index in [4.69, 9.17) is 25.8 Å². The molecule has 1 unspecified atom stereocenters. The summed E-state index contributed by atoms with van der Waals surface area (Å²) in [5.41, 5.74) is -0.718. The molecule has 0 radical (unpaired) electrons. The number of alkyl halides is 1. The zero-order valence-corrected chi connectivity index (χ0v) is 23.4. The summed E-state index contributed by atoms with van der Waals surface area (Å²) in [5, 5.41) is -0.267. The molecule has 4 fully saturated rings. The highest BCUT2D eigenvalue weighted by Gasteiger charge is 2.74. The van der Waals surface area contributed by atoms with E-state index >= 15 is 0 Å². The fourth-order valence-electron chi connectivity index (χ4n) is 8.24. The first kappa shape index (κ1) is 26.8. The number of rotatable bonds is 7. The van der Waals surface area contributed by atoms with Crippen molar-refractivity contribution in [2.45, 2.75) is 83.5 Å². The van der Waals surface area contributed by atoms with Crippen molar-refractivity contribution in [3.8, 4) is 0 Å². The Kier molecular flexibility index (Phi) is 6.45. The maximum atomic E-state index is 14.2. The summed E-state index contributed by atoms with van der Waals surface area (Å²) in [7, 11) is 0. The molecule has 0 aromatic heterocycles. The van der Waals surface area contributed by atoms with Crippen molar-refractivity contribution in [1.29, 1.82) is 0 Å². The predicted octanol–water partition coefficient (Wildman–Crippen LogP) is 5.34. The third kappa shape index (κ3) is 3.76. The highest BCUT2D eigenvalue weighted by Crippen LogP contribution is 2.69. The monoisotopic (exact) mass is 530 g/mol. The second-order valence-corrected chi connectivity index (χ2v) is 12.8. The molecular weight excluding hydrogens is 492 g/mol. The van der Waals surface area contributed by atoms with Crippen LogP contribution in [0.4, 0.5) is 0 Å². The zero-order chi connectivity index (χ0) is 27.0. The molecule has 202 valence electrons. The van der Waals surface area contributed by atoms with Gasteiger partial charge in [0.25, 0.3) is 0 Å². The van der Waals surface area contributed by atoms with Gasteiger partial charge in [0.2, 0.25) is 5.78 Å². The van der Waals surface area contributed by atoms with Crippen molar-refractivity contribution < 1.29 is 28.6 Å². The van der Waals surface area contributed by atoms with Gasteiger partial charge in [-0.1, -0.05) is 65.0 Å². The summed E-state index contributed by atoms with van der Waals surface area (Å²) in [6, 6.07) is 0. The van der Waals surface area contributed by atoms with Gasteiger partial charge in [-0.25, -0.2) is 0 Å². The van der Waals surface area contributed by atoms with Crippen molar-refractivity contribution in [3.63, 3.8) is 0 Å². The van der Waals surface area contributed by atoms with Crippen LogP contribution in [0, 0.1) is 34.5 Å². The lowest BCUT2D eigenvalue weighted by Gasteiger charge is -2.58. The van der Waals surface area contributed by atoms with E-state index in [0.29, 0.717) is 25.9 Å². The Labute approximate surface area is 224 Å². The third-order valence-electron chi connectivity index (χ3n) is 10.3. The Morgan fingerprint density at radius 3 is 2.59 bits per heavy atom. The Morgan fingerprint density at radius 1 is 1.27 bits per heavy atom. The first-order valence-corrected chi connectivity index (χ1v) is 14.1. The molecule has 37 heavy (non-hydrogen) atoms. The van der Waals surface area contributed by atoms with Gasteiger partial charge in [0.1, 0.15) is 19.0 Å². The lowest BCUT2D eigenvalue weighted by atomic mass is 9.46. The average molecular weight is 531 g/mol. The first-order valence-electron chi connectivity index (χ1n) is 13.7. The van der Waals surface area contributed by atoms with Crippen molar-refractivity contribution in [3.05, 3.63) is 36.0 Å². The second kappa shape index (κ2) is 8.89. The van der Waals surface area contributed by atoms with Crippen molar-refractivity contribution in [2.75, 3.05) is 13.2 Å². The molecule has 4 aliphatic carbocycles. The minimum atomic E-state index is -1.46. The van der Waals surface area contributed by atoms with Crippen molar-refractivity contribution >= 4 is 29.1 Å². The van der Waals surface area contributed by atoms with Gasteiger partial charge in [0.15, 0.2) is 11.4 Å². The van der Waals surface area contributed by atoms with Crippen LogP contribution >= 0.6 is 11.6 Å². The number of carbonyl (C=O) groups excluding carboxylic acids is 3. The van der Waals surface area contributed by atoms with Crippen LogP contribution in [0.2, 0.25) is 0 Å². The van der Waals surface area contributed by atoms with Crippen LogP contribution in [0.15, 0.2) is 36.0 Å². The first-order chi connectivity index (χ1) is 17.4. The van der Waals surface area contributed by atoms with Crippen molar-refractivity contribution in [1.82, 2.24) is 0 Å². The molecule has 0 bridgehead atoms. The standard InChI is InChI=1S/C30H39ClO6/c1-7-24(34)37-30(23(33)15-35-29(8-2)16-36-29)18(4)12-20-25-21(31)13-19-11-17(3)9-10-27(19,5)26(25)22(32)14-28(20,30)6/h9-11,18,20-21,25-26H,3,7-8,12-16H2,1-2,4-6H3/t18-,20+,21-,25-,26+,27+,28+,29?,30+/m1/s1. The van der Waals surface area contributed by atoms with Crippen LogP contribution < -0.4 is 0 Å². The molecule has 3 saturated carbocycles. The second-order valence-electron chi connectivity index (χ2n) is 12.3. The fourth-order valence-corrected chi connectivity index (χ4v) is 8.73. The number of Topliss-reactive ketones (excluding diaryl/α,β-unsaturated/α-hetero) is 2. The number of epoxide rings is 1. The number of hydrogen-bond donors (Lipinski definition) is 0. The van der Waals surface area contributed by atoms with Crippen LogP contribution in [0.25, 0.3) is 0 Å². The number of ketones is 2. The summed E-state index contributed by atoms with van der Waals surface area (Å²) < 4.78 is 17.6. The molecule has 6 nitrogen and oxygen atoms in total. The molecule has 9 atom stereocenters.